The average Bonchev–Trinajstić information content (AvgIpc) is 2.84. The van der Waals surface area contributed by atoms with E-state index in [1.165, 1.54) is 25.3 Å². The highest BCUT2D eigenvalue weighted by Gasteiger charge is 2.24. The van der Waals surface area contributed by atoms with Crippen molar-refractivity contribution in [3.8, 4) is 17.2 Å². The number of halogens is 1. The summed E-state index contributed by atoms with van der Waals surface area (Å²) in [5.41, 5.74) is 1.42. The van der Waals surface area contributed by atoms with Crippen LogP contribution in [0.1, 0.15) is 16.7 Å². The number of benzene rings is 3. The van der Waals surface area contributed by atoms with Crippen LogP contribution in [0.15, 0.2) is 65.6 Å². The van der Waals surface area contributed by atoms with Gasteiger partial charge in [0.15, 0.2) is 11.5 Å². The van der Waals surface area contributed by atoms with E-state index < -0.39 is 27.4 Å². The summed E-state index contributed by atoms with van der Waals surface area (Å²) in [5, 5.41) is 12.8. The van der Waals surface area contributed by atoms with E-state index in [1.807, 2.05) is 24.3 Å². The number of ether oxygens (including phenoxy) is 2. The molecule has 3 aromatic carbocycles. The molecule has 35 heavy (non-hydrogen) atoms. The van der Waals surface area contributed by atoms with E-state index in [0.29, 0.717) is 18.5 Å². The van der Waals surface area contributed by atoms with Crippen molar-refractivity contribution in [2.45, 2.75) is 24.3 Å². The third kappa shape index (κ3) is 6.71. The number of rotatable bonds is 11. The number of methoxy groups -OCH3 is 2. The smallest absolute Gasteiger partial charge is 0.339 e. The van der Waals surface area contributed by atoms with Crippen LogP contribution in [0.5, 0.6) is 17.2 Å². The molecule has 0 fully saturated rings. The SMILES string of the molecule is COc1cccc(CCNC(=O)Cc2ccc(OC)c(OS(=O)(=O)c3cccc(F)c3)c2CO)c1. The molecule has 186 valence electrons. The molecule has 0 heterocycles. The number of hydrogen-bond acceptors (Lipinski definition) is 7. The first kappa shape index (κ1) is 26.0. The fraction of sp³-hybridized carbons (Fsp3) is 0.240. The van der Waals surface area contributed by atoms with Crippen molar-refractivity contribution >= 4 is 16.0 Å². The van der Waals surface area contributed by atoms with E-state index >= 15 is 0 Å². The molecule has 0 bridgehead atoms. The summed E-state index contributed by atoms with van der Waals surface area (Å²) in [4.78, 5) is 12.2. The van der Waals surface area contributed by atoms with Gasteiger partial charge in [0.05, 0.1) is 27.2 Å². The molecule has 0 saturated carbocycles. The van der Waals surface area contributed by atoms with Crippen LogP contribution < -0.4 is 19.0 Å². The maximum atomic E-state index is 13.5. The Morgan fingerprint density at radius 1 is 1.03 bits per heavy atom. The zero-order valence-corrected chi connectivity index (χ0v) is 20.1. The summed E-state index contributed by atoms with van der Waals surface area (Å²) in [6, 6.07) is 14.8. The summed E-state index contributed by atoms with van der Waals surface area (Å²) in [6.07, 6.45) is 0.451. The number of nitrogens with one attached hydrogen (secondary N) is 1. The standard InChI is InChI=1S/C25H26FNO7S/c1-32-20-7-3-5-17(13-20)11-12-27-24(29)14-18-9-10-23(33-2)25(22(18)16-28)34-35(30,31)21-8-4-6-19(26)15-21/h3-10,13,15,28H,11-12,14,16H2,1-2H3,(H,27,29). The van der Waals surface area contributed by atoms with Crippen molar-refractivity contribution in [2.75, 3.05) is 20.8 Å². The Morgan fingerprint density at radius 2 is 1.80 bits per heavy atom. The van der Waals surface area contributed by atoms with E-state index in [9.17, 15) is 22.7 Å². The van der Waals surface area contributed by atoms with Crippen LogP contribution in [0.25, 0.3) is 0 Å². The molecular weight excluding hydrogens is 477 g/mol. The Bertz CT molecular complexity index is 1290. The summed E-state index contributed by atoms with van der Waals surface area (Å²) < 4.78 is 54.6. The van der Waals surface area contributed by atoms with Crippen LogP contribution in [-0.4, -0.2) is 40.2 Å². The van der Waals surface area contributed by atoms with Crippen molar-refractivity contribution in [2.24, 2.45) is 0 Å². The first-order valence-corrected chi connectivity index (χ1v) is 12.1. The molecule has 10 heteroatoms. The van der Waals surface area contributed by atoms with E-state index in [-0.39, 0.29) is 29.4 Å². The maximum Gasteiger partial charge on any atom is 0.339 e. The van der Waals surface area contributed by atoms with Gasteiger partial charge < -0.3 is 24.1 Å². The van der Waals surface area contributed by atoms with Gasteiger partial charge >= 0.3 is 10.1 Å². The van der Waals surface area contributed by atoms with Crippen LogP contribution in [0.4, 0.5) is 4.39 Å². The molecule has 0 aromatic heterocycles. The summed E-state index contributed by atoms with van der Waals surface area (Å²) in [7, 11) is -1.55. The molecule has 0 aliphatic heterocycles. The Labute approximate surface area is 203 Å². The lowest BCUT2D eigenvalue weighted by atomic mass is 10.0. The molecular formula is C25H26FNO7S. The number of aliphatic hydroxyl groups is 1. The monoisotopic (exact) mass is 503 g/mol. The summed E-state index contributed by atoms with van der Waals surface area (Å²) in [6.45, 7) is -0.244. The van der Waals surface area contributed by atoms with Gasteiger partial charge in [-0.15, -0.1) is 0 Å². The van der Waals surface area contributed by atoms with E-state index in [2.05, 4.69) is 5.32 Å². The van der Waals surface area contributed by atoms with E-state index in [1.54, 1.807) is 13.2 Å². The highest BCUT2D eigenvalue weighted by atomic mass is 32.2. The first-order chi connectivity index (χ1) is 16.8. The van der Waals surface area contributed by atoms with Crippen LogP contribution in [-0.2, 0) is 34.4 Å². The van der Waals surface area contributed by atoms with Crippen molar-refractivity contribution in [3.63, 3.8) is 0 Å². The third-order valence-corrected chi connectivity index (χ3v) is 6.42. The molecule has 0 atom stereocenters. The fourth-order valence-electron chi connectivity index (χ4n) is 3.43. The molecule has 3 rings (SSSR count). The lowest BCUT2D eigenvalue weighted by molar-refractivity contribution is -0.120. The van der Waals surface area contributed by atoms with Gasteiger partial charge in [0.2, 0.25) is 5.91 Å². The minimum absolute atomic E-state index is 0.0382. The highest BCUT2D eigenvalue weighted by molar-refractivity contribution is 7.87. The molecule has 0 aliphatic rings. The minimum atomic E-state index is -4.44. The molecule has 3 aromatic rings. The lowest BCUT2D eigenvalue weighted by Gasteiger charge is -2.17. The van der Waals surface area contributed by atoms with Gasteiger partial charge in [-0.2, -0.15) is 8.42 Å². The van der Waals surface area contributed by atoms with Gasteiger partial charge in [-0.3, -0.25) is 4.79 Å². The predicted octanol–water partition coefficient (Wildman–Crippen LogP) is 3.00. The second kappa shape index (κ2) is 11.7. The van der Waals surface area contributed by atoms with E-state index in [4.69, 9.17) is 13.7 Å². The van der Waals surface area contributed by atoms with Crippen molar-refractivity contribution in [1.29, 1.82) is 0 Å². The number of carbonyl (C=O) groups excluding carboxylic acids is 1. The van der Waals surface area contributed by atoms with Gasteiger partial charge in [-0.05, 0) is 53.9 Å². The van der Waals surface area contributed by atoms with Gasteiger partial charge in [-0.25, -0.2) is 4.39 Å². The Morgan fingerprint density at radius 3 is 2.49 bits per heavy atom. The molecule has 0 aliphatic carbocycles. The second-order valence-electron chi connectivity index (χ2n) is 7.52. The molecule has 0 saturated heterocycles. The van der Waals surface area contributed by atoms with Crippen molar-refractivity contribution < 1.29 is 36.4 Å². The Kier molecular flexibility index (Phi) is 8.67. The number of amides is 1. The largest absolute Gasteiger partial charge is 0.497 e. The second-order valence-corrected chi connectivity index (χ2v) is 9.06. The number of carbonyl (C=O) groups is 1. The molecule has 0 unspecified atom stereocenters. The summed E-state index contributed by atoms with van der Waals surface area (Å²) >= 11 is 0. The minimum Gasteiger partial charge on any atom is -0.497 e. The topological polar surface area (TPSA) is 111 Å². The third-order valence-electron chi connectivity index (χ3n) is 5.20. The molecule has 1 amide bonds. The predicted molar refractivity (Wildman–Crippen MR) is 127 cm³/mol. The van der Waals surface area contributed by atoms with Crippen LogP contribution in [0, 0.1) is 5.82 Å². The van der Waals surface area contributed by atoms with Crippen LogP contribution in [0.2, 0.25) is 0 Å². The van der Waals surface area contributed by atoms with Gasteiger partial charge in [0.25, 0.3) is 0 Å². The van der Waals surface area contributed by atoms with Gasteiger partial charge in [0, 0.05) is 12.1 Å². The van der Waals surface area contributed by atoms with Crippen molar-refractivity contribution in [1.82, 2.24) is 5.32 Å². The van der Waals surface area contributed by atoms with Crippen LogP contribution in [0.3, 0.4) is 0 Å². The highest BCUT2D eigenvalue weighted by Crippen LogP contribution is 2.36. The van der Waals surface area contributed by atoms with Crippen LogP contribution >= 0.6 is 0 Å². The van der Waals surface area contributed by atoms with Gasteiger partial charge in [0.1, 0.15) is 16.5 Å². The Balaban J connectivity index is 1.76. The van der Waals surface area contributed by atoms with Crippen molar-refractivity contribution in [3.05, 3.63) is 83.2 Å². The quantitative estimate of drug-likeness (QED) is 0.387. The summed E-state index contributed by atoms with van der Waals surface area (Å²) in [5.74, 6) is -0.576. The molecule has 2 N–H and O–H groups in total. The van der Waals surface area contributed by atoms with E-state index in [0.717, 1.165) is 23.4 Å². The zero-order chi connectivity index (χ0) is 25.4. The Hall–Kier alpha value is -3.63. The lowest BCUT2D eigenvalue weighted by Crippen LogP contribution is -2.27. The number of aliphatic hydroxyl groups excluding tert-OH is 1. The molecule has 8 nitrogen and oxygen atoms in total. The first-order valence-electron chi connectivity index (χ1n) is 10.7. The van der Waals surface area contributed by atoms with Gasteiger partial charge in [-0.1, -0.05) is 24.3 Å². The maximum absolute atomic E-state index is 13.5. The average molecular weight is 504 g/mol. The zero-order valence-electron chi connectivity index (χ0n) is 19.3. The number of hydrogen-bond donors (Lipinski definition) is 2. The normalized spacial score (nSPS) is 11.1. The molecule has 0 spiro atoms. The fourth-order valence-corrected chi connectivity index (χ4v) is 4.43. The molecule has 0 radical (unpaired) electrons.